The average molecular weight is 600 g/mol. The molecule has 0 saturated heterocycles. The average Bonchev–Trinajstić information content (AvgIpc) is 3.02. The zero-order valence-electron chi connectivity index (χ0n) is 28.1. The maximum absolute atomic E-state index is 2.40. The zero-order valence-corrected chi connectivity index (χ0v) is 28.1. The second-order valence-electron chi connectivity index (χ2n) is 13.1. The first-order valence-corrected chi connectivity index (χ1v) is 16.5. The van der Waals surface area contributed by atoms with E-state index >= 15 is 0 Å². The van der Waals surface area contributed by atoms with Gasteiger partial charge in [0, 0.05) is 23.0 Å². The number of benzene rings is 6. The molecule has 6 aromatic rings. The van der Waals surface area contributed by atoms with Gasteiger partial charge >= 0.3 is 0 Å². The van der Waals surface area contributed by atoms with Gasteiger partial charge in [-0.15, -0.1) is 0 Å². The van der Waals surface area contributed by atoms with Gasteiger partial charge in [-0.05, 0) is 141 Å². The molecule has 0 aliphatic rings. The summed E-state index contributed by atoms with van der Waals surface area (Å²) in [5.74, 6) is 0.374. The van der Waals surface area contributed by atoms with E-state index in [1.807, 2.05) is 0 Å². The third-order valence-electron chi connectivity index (χ3n) is 9.18. The molecule has 0 amide bonds. The molecule has 6 rings (SSSR count). The Labute approximate surface area is 276 Å². The number of aryl methyl sites for hydroxylation is 7. The first kappa shape index (κ1) is 31.1. The number of hydrogen-bond donors (Lipinski definition) is 0. The molecule has 0 aliphatic heterocycles. The summed E-state index contributed by atoms with van der Waals surface area (Å²) in [5, 5.41) is 0. The molecule has 0 heterocycles. The molecule has 1 heteroatoms. The molecule has 6 aromatic carbocycles. The van der Waals surface area contributed by atoms with E-state index in [1.54, 1.807) is 0 Å². The van der Waals surface area contributed by atoms with Gasteiger partial charge in [0.25, 0.3) is 0 Å². The van der Waals surface area contributed by atoms with Gasteiger partial charge in [-0.25, -0.2) is 0 Å². The van der Waals surface area contributed by atoms with E-state index in [0.717, 1.165) is 12.8 Å². The Morgan fingerprint density at radius 1 is 0.435 bits per heavy atom. The third kappa shape index (κ3) is 7.00. The molecule has 1 nitrogen and oxygen atoms in total. The number of nitrogens with zero attached hydrogens (tertiary/aromatic N) is 1. The normalized spacial score (nSPS) is 11.2. The van der Waals surface area contributed by atoms with E-state index in [1.165, 1.54) is 78.3 Å². The predicted octanol–water partition coefficient (Wildman–Crippen LogP) is 12.4. The van der Waals surface area contributed by atoms with Crippen molar-refractivity contribution in [2.24, 2.45) is 0 Å². The van der Waals surface area contributed by atoms with Crippen LogP contribution in [-0.4, -0.2) is 0 Å². The van der Waals surface area contributed by atoms with Crippen LogP contribution < -0.4 is 4.90 Å². The summed E-state index contributed by atoms with van der Waals surface area (Å²) in [6.45, 7) is 13.2. The van der Waals surface area contributed by atoms with Crippen LogP contribution in [0.2, 0.25) is 0 Å². The Morgan fingerprint density at radius 2 is 0.891 bits per heavy atom. The fraction of sp³-hybridized carbons (Fsp3) is 0.200. The van der Waals surface area contributed by atoms with Crippen molar-refractivity contribution in [3.05, 3.63) is 184 Å². The molecule has 0 spiro atoms. The molecule has 0 saturated carbocycles. The first-order chi connectivity index (χ1) is 22.2. The Balaban J connectivity index is 1.27. The van der Waals surface area contributed by atoms with Gasteiger partial charge in [-0.3, -0.25) is 0 Å². The predicted molar refractivity (Wildman–Crippen MR) is 198 cm³/mol. The molecule has 0 atom stereocenters. The monoisotopic (exact) mass is 599 g/mol. The van der Waals surface area contributed by atoms with Gasteiger partial charge < -0.3 is 4.90 Å². The highest BCUT2D eigenvalue weighted by Gasteiger charge is 2.17. The minimum Gasteiger partial charge on any atom is -0.310 e. The summed E-state index contributed by atoms with van der Waals surface area (Å²) in [7, 11) is 0. The third-order valence-corrected chi connectivity index (χ3v) is 9.18. The van der Waals surface area contributed by atoms with Crippen LogP contribution in [-0.2, 0) is 6.42 Å². The lowest BCUT2D eigenvalue weighted by Crippen LogP contribution is -2.10. The second kappa shape index (κ2) is 13.6. The van der Waals surface area contributed by atoms with Crippen LogP contribution in [0.3, 0.4) is 0 Å². The Morgan fingerprint density at radius 3 is 1.37 bits per heavy atom. The van der Waals surface area contributed by atoms with Crippen molar-refractivity contribution in [3.8, 4) is 11.1 Å². The van der Waals surface area contributed by atoms with Gasteiger partial charge in [-0.1, -0.05) is 108 Å². The summed E-state index contributed by atoms with van der Waals surface area (Å²) in [4.78, 5) is 2.37. The highest BCUT2D eigenvalue weighted by molar-refractivity contribution is 5.80. The number of rotatable bonds is 9. The van der Waals surface area contributed by atoms with Crippen LogP contribution in [0.1, 0.15) is 62.4 Å². The largest absolute Gasteiger partial charge is 0.310 e. The summed E-state index contributed by atoms with van der Waals surface area (Å²) in [6.07, 6.45) is 2.11. The topological polar surface area (TPSA) is 3.24 Å². The van der Waals surface area contributed by atoms with Crippen molar-refractivity contribution in [1.82, 2.24) is 0 Å². The van der Waals surface area contributed by atoms with Gasteiger partial charge in [-0.2, -0.15) is 0 Å². The van der Waals surface area contributed by atoms with Crippen LogP contribution in [0.5, 0.6) is 0 Å². The maximum Gasteiger partial charge on any atom is 0.0464 e. The molecule has 0 bridgehead atoms. The smallest absolute Gasteiger partial charge is 0.0464 e. The Bertz CT molecular complexity index is 1890. The van der Waals surface area contributed by atoms with Crippen molar-refractivity contribution >= 4 is 17.1 Å². The van der Waals surface area contributed by atoms with Crippen molar-refractivity contribution in [1.29, 1.82) is 0 Å². The van der Waals surface area contributed by atoms with E-state index in [4.69, 9.17) is 0 Å². The Hall–Kier alpha value is -4.88. The van der Waals surface area contributed by atoms with Crippen molar-refractivity contribution < 1.29 is 0 Å². The Kier molecular flexibility index (Phi) is 9.22. The highest BCUT2D eigenvalue weighted by atomic mass is 15.1. The van der Waals surface area contributed by atoms with Gasteiger partial charge in [0.05, 0.1) is 0 Å². The zero-order chi connectivity index (χ0) is 32.2. The minimum absolute atomic E-state index is 0.374. The van der Waals surface area contributed by atoms with Crippen molar-refractivity contribution in [2.45, 2.75) is 60.3 Å². The summed E-state index contributed by atoms with van der Waals surface area (Å²) < 4.78 is 0. The summed E-state index contributed by atoms with van der Waals surface area (Å²) >= 11 is 0. The van der Waals surface area contributed by atoms with E-state index in [0.29, 0.717) is 5.92 Å². The van der Waals surface area contributed by atoms with E-state index in [2.05, 4.69) is 180 Å². The lowest BCUT2D eigenvalue weighted by Gasteiger charge is -2.27. The first-order valence-electron chi connectivity index (χ1n) is 16.5. The van der Waals surface area contributed by atoms with Crippen LogP contribution >= 0.6 is 0 Å². The van der Waals surface area contributed by atoms with E-state index in [9.17, 15) is 0 Å². The fourth-order valence-corrected chi connectivity index (χ4v) is 6.86. The van der Waals surface area contributed by atoms with Crippen LogP contribution in [0.15, 0.2) is 133 Å². The molecule has 0 aliphatic carbocycles. The highest BCUT2D eigenvalue weighted by Crippen LogP contribution is 2.38. The van der Waals surface area contributed by atoms with E-state index < -0.39 is 0 Å². The fourth-order valence-electron chi connectivity index (χ4n) is 6.86. The van der Waals surface area contributed by atoms with Crippen LogP contribution in [0.4, 0.5) is 17.1 Å². The molecule has 0 aromatic heterocycles. The minimum atomic E-state index is 0.374. The van der Waals surface area contributed by atoms with Gasteiger partial charge in [0.15, 0.2) is 0 Å². The van der Waals surface area contributed by atoms with Crippen molar-refractivity contribution in [2.75, 3.05) is 4.90 Å². The van der Waals surface area contributed by atoms with Gasteiger partial charge in [0.2, 0.25) is 0 Å². The molecule has 0 radical (unpaired) electrons. The summed E-state index contributed by atoms with van der Waals surface area (Å²) in [6, 6.07) is 49.6. The summed E-state index contributed by atoms with van der Waals surface area (Å²) in [5.41, 5.74) is 18.1. The second-order valence-corrected chi connectivity index (χ2v) is 13.1. The quantitative estimate of drug-likeness (QED) is 0.160. The standard InChI is InChI=1S/C45H45N/c1-31-11-7-15-38(25-31)45(39-16-8-12-32(2)26-39)23-20-37-19-22-43(35(5)29-37)44-24-21-42(30-36(44)6)46(40-17-9-13-33(3)27-40)41-18-10-14-34(4)28-41/h7-19,21-22,24-30,45H,20,23H2,1-6H3. The van der Waals surface area contributed by atoms with E-state index in [-0.39, 0.29) is 0 Å². The molecule has 0 fully saturated rings. The molecule has 0 unspecified atom stereocenters. The molecule has 230 valence electrons. The maximum atomic E-state index is 2.40. The lowest BCUT2D eigenvalue weighted by molar-refractivity contribution is 0.714. The van der Waals surface area contributed by atoms with Crippen molar-refractivity contribution in [3.63, 3.8) is 0 Å². The molecular weight excluding hydrogens is 555 g/mol. The molecule has 0 N–H and O–H groups in total. The molecular formula is C45H45N. The molecule has 46 heavy (non-hydrogen) atoms. The van der Waals surface area contributed by atoms with Crippen LogP contribution in [0.25, 0.3) is 11.1 Å². The SMILES string of the molecule is Cc1cccc(C(CCc2ccc(-c3ccc(N(c4cccc(C)c4)c4cccc(C)c4)cc3C)c(C)c2)c2cccc(C)c2)c1. The number of hydrogen-bond acceptors (Lipinski definition) is 1. The van der Waals surface area contributed by atoms with Crippen LogP contribution in [0, 0.1) is 41.5 Å². The number of anilines is 3. The lowest BCUT2D eigenvalue weighted by atomic mass is 9.84. The van der Waals surface area contributed by atoms with Gasteiger partial charge in [0.1, 0.15) is 0 Å².